The molecule has 0 aliphatic carbocycles. The lowest BCUT2D eigenvalue weighted by atomic mass is 10.1. The highest BCUT2D eigenvalue weighted by Crippen LogP contribution is 2.22. The molecule has 158 valence electrons. The first-order valence-corrected chi connectivity index (χ1v) is 9.61. The molecule has 2 N–H and O–H groups in total. The largest absolute Gasteiger partial charge is 0.424 e. The number of nitrogens with one attached hydrogen (secondary N) is 2. The van der Waals surface area contributed by atoms with Crippen molar-refractivity contribution in [2.45, 2.75) is 32.7 Å². The Kier molecular flexibility index (Phi) is 6.96. The highest BCUT2D eigenvalue weighted by atomic mass is 35.5. The molecule has 0 spiro atoms. The van der Waals surface area contributed by atoms with Gasteiger partial charge in [0, 0.05) is 17.6 Å². The molecule has 3 aromatic rings. The number of nitrogens with zero attached hydrogens (tertiary/aromatic N) is 5. The summed E-state index contributed by atoms with van der Waals surface area (Å²) in [4.78, 5) is 20.9. The molecular formula is C20H24ClN7O2. The van der Waals surface area contributed by atoms with E-state index in [1.165, 1.54) is 0 Å². The van der Waals surface area contributed by atoms with E-state index in [4.69, 9.17) is 4.74 Å². The number of carbonyl (C=O) groups is 1. The van der Waals surface area contributed by atoms with E-state index in [0.29, 0.717) is 17.1 Å². The maximum atomic E-state index is 12.7. The van der Waals surface area contributed by atoms with Crippen LogP contribution in [0, 0.1) is 13.8 Å². The molecule has 0 bridgehead atoms. The van der Waals surface area contributed by atoms with Crippen molar-refractivity contribution in [2.75, 3.05) is 18.4 Å². The SMILES string of the molecule is Cc1ccnc(Oc2ccc(NC(=O)c3nnn(C4CCNCC4)c3C)cc2)n1.Cl. The first kappa shape index (κ1) is 21.7. The summed E-state index contributed by atoms with van der Waals surface area (Å²) < 4.78 is 7.50. The van der Waals surface area contributed by atoms with E-state index < -0.39 is 0 Å². The lowest BCUT2D eigenvalue weighted by Crippen LogP contribution is -2.30. The Labute approximate surface area is 180 Å². The zero-order chi connectivity index (χ0) is 20.2. The number of aryl methyl sites for hydroxylation is 1. The minimum Gasteiger partial charge on any atom is -0.424 e. The van der Waals surface area contributed by atoms with E-state index >= 15 is 0 Å². The Balaban J connectivity index is 0.00000256. The summed E-state index contributed by atoms with van der Waals surface area (Å²) in [5.74, 6) is 0.306. The third-order valence-electron chi connectivity index (χ3n) is 4.89. The molecule has 30 heavy (non-hydrogen) atoms. The lowest BCUT2D eigenvalue weighted by Gasteiger charge is -2.23. The zero-order valence-corrected chi connectivity index (χ0v) is 17.6. The van der Waals surface area contributed by atoms with E-state index in [2.05, 4.69) is 30.9 Å². The minimum absolute atomic E-state index is 0. The van der Waals surface area contributed by atoms with E-state index in [1.807, 2.05) is 18.5 Å². The molecule has 0 atom stereocenters. The number of benzene rings is 1. The van der Waals surface area contributed by atoms with Crippen molar-refractivity contribution in [3.63, 3.8) is 0 Å². The quantitative estimate of drug-likeness (QED) is 0.641. The normalized spacial score (nSPS) is 14.1. The minimum atomic E-state index is -0.279. The van der Waals surface area contributed by atoms with Crippen molar-refractivity contribution in [1.29, 1.82) is 0 Å². The Bertz CT molecular complexity index is 1000. The molecule has 1 aliphatic heterocycles. The topological polar surface area (TPSA) is 107 Å². The molecule has 1 aromatic carbocycles. The molecule has 1 saturated heterocycles. The summed E-state index contributed by atoms with van der Waals surface area (Å²) in [5.41, 5.74) is 2.60. The maximum Gasteiger partial charge on any atom is 0.322 e. The van der Waals surface area contributed by atoms with Gasteiger partial charge in [-0.1, -0.05) is 5.21 Å². The fourth-order valence-corrected chi connectivity index (χ4v) is 3.33. The number of ether oxygens (including phenoxy) is 1. The molecule has 2 aromatic heterocycles. The summed E-state index contributed by atoms with van der Waals surface area (Å²) in [6.45, 7) is 5.66. The number of anilines is 1. The first-order chi connectivity index (χ1) is 14.1. The van der Waals surface area contributed by atoms with Gasteiger partial charge in [0.2, 0.25) is 0 Å². The fraction of sp³-hybridized carbons (Fsp3) is 0.350. The first-order valence-electron chi connectivity index (χ1n) is 9.61. The molecule has 0 unspecified atom stereocenters. The van der Waals surface area contributed by atoms with Crippen LogP contribution in [0.5, 0.6) is 11.8 Å². The average Bonchev–Trinajstić information content (AvgIpc) is 3.12. The summed E-state index contributed by atoms with van der Waals surface area (Å²) in [5, 5.41) is 14.5. The van der Waals surface area contributed by atoms with E-state index in [9.17, 15) is 4.79 Å². The number of halogens is 1. The van der Waals surface area contributed by atoms with Crippen molar-refractivity contribution in [1.82, 2.24) is 30.3 Å². The van der Waals surface area contributed by atoms with E-state index in [1.54, 1.807) is 36.5 Å². The van der Waals surface area contributed by atoms with Gasteiger partial charge in [0.05, 0.1) is 11.7 Å². The second kappa shape index (κ2) is 9.64. The van der Waals surface area contributed by atoms with Crippen LogP contribution in [0.4, 0.5) is 5.69 Å². The van der Waals surface area contributed by atoms with Gasteiger partial charge in [-0.2, -0.15) is 0 Å². The third-order valence-corrected chi connectivity index (χ3v) is 4.89. The standard InChI is InChI=1S/C20H23N7O2.ClH/c1-13-7-12-22-20(23-13)29-17-5-3-15(4-6-17)24-19(28)18-14(2)27(26-25-18)16-8-10-21-11-9-16;/h3-7,12,16,21H,8-11H2,1-2H3,(H,24,28);1H. The van der Waals surface area contributed by atoms with Crippen LogP contribution in [0.15, 0.2) is 36.5 Å². The molecule has 1 fully saturated rings. The molecular weight excluding hydrogens is 406 g/mol. The van der Waals surface area contributed by atoms with Gasteiger partial charge in [0.25, 0.3) is 5.91 Å². The van der Waals surface area contributed by atoms with E-state index in [0.717, 1.165) is 37.3 Å². The van der Waals surface area contributed by atoms with Crippen molar-refractivity contribution in [2.24, 2.45) is 0 Å². The molecule has 0 radical (unpaired) electrons. The Hall–Kier alpha value is -3.04. The lowest BCUT2D eigenvalue weighted by molar-refractivity contribution is 0.102. The molecule has 1 amide bonds. The summed E-state index contributed by atoms with van der Waals surface area (Å²) in [6.07, 6.45) is 3.61. The Morgan fingerprint density at radius 1 is 1.17 bits per heavy atom. The van der Waals surface area contributed by atoms with Gasteiger partial charge in [0.15, 0.2) is 5.69 Å². The molecule has 1 aliphatic rings. The van der Waals surface area contributed by atoms with Crippen LogP contribution >= 0.6 is 12.4 Å². The van der Waals surface area contributed by atoms with Gasteiger partial charge in [-0.15, -0.1) is 17.5 Å². The average molecular weight is 430 g/mol. The molecule has 3 heterocycles. The van der Waals surface area contributed by atoms with Crippen LogP contribution in [0.25, 0.3) is 0 Å². The van der Waals surface area contributed by atoms with Crippen LogP contribution in [-0.4, -0.2) is 44.0 Å². The van der Waals surface area contributed by atoms with Gasteiger partial charge in [-0.25, -0.2) is 14.6 Å². The highest BCUT2D eigenvalue weighted by molar-refractivity contribution is 6.03. The van der Waals surface area contributed by atoms with Crippen LogP contribution in [0.3, 0.4) is 0 Å². The number of hydrogen-bond acceptors (Lipinski definition) is 7. The number of piperidine rings is 1. The number of hydrogen-bond donors (Lipinski definition) is 2. The summed E-state index contributed by atoms with van der Waals surface area (Å²) in [7, 11) is 0. The van der Waals surface area contributed by atoms with Crippen molar-refractivity contribution < 1.29 is 9.53 Å². The van der Waals surface area contributed by atoms with Crippen LogP contribution in [0.1, 0.15) is 40.8 Å². The number of amides is 1. The third kappa shape index (κ3) is 4.92. The van der Waals surface area contributed by atoms with Crippen molar-refractivity contribution in [3.05, 3.63) is 53.6 Å². The number of rotatable bonds is 5. The predicted octanol–water partition coefficient (Wildman–Crippen LogP) is 3.08. The Morgan fingerprint density at radius 2 is 1.90 bits per heavy atom. The molecule has 9 nitrogen and oxygen atoms in total. The maximum absolute atomic E-state index is 12.7. The molecule has 0 saturated carbocycles. The number of aromatic nitrogens is 5. The van der Waals surface area contributed by atoms with Crippen LogP contribution in [0.2, 0.25) is 0 Å². The molecule has 4 rings (SSSR count). The van der Waals surface area contributed by atoms with Gasteiger partial charge in [0.1, 0.15) is 5.75 Å². The predicted molar refractivity (Wildman–Crippen MR) is 114 cm³/mol. The second-order valence-electron chi connectivity index (χ2n) is 7.01. The fourth-order valence-electron chi connectivity index (χ4n) is 3.33. The molecule has 10 heteroatoms. The van der Waals surface area contributed by atoms with Crippen LogP contribution < -0.4 is 15.4 Å². The summed E-state index contributed by atoms with van der Waals surface area (Å²) in [6, 6.07) is 9.39. The Morgan fingerprint density at radius 3 is 2.60 bits per heavy atom. The number of carbonyl (C=O) groups excluding carboxylic acids is 1. The van der Waals surface area contributed by atoms with Gasteiger partial charge < -0.3 is 15.4 Å². The van der Waals surface area contributed by atoms with Gasteiger partial charge in [-0.3, -0.25) is 4.79 Å². The van der Waals surface area contributed by atoms with E-state index in [-0.39, 0.29) is 30.4 Å². The van der Waals surface area contributed by atoms with Crippen LogP contribution in [-0.2, 0) is 0 Å². The van der Waals surface area contributed by atoms with Crippen molar-refractivity contribution in [3.8, 4) is 11.8 Å². The summed E-state index contributed by atoms with van der Waals surface area (Å²) >= 11 is 0. The second-order valence-corrected chi connectivity index (χ2v) is 7.01. The van der Waals surface area contributed by atoms with Gasteiger partial charge in [-0.05, 0) is 70.1 Å². The zero-order valence-electron chi connectivity index (χ0n) is 16.8. The monoisotopic (exact) mass is 429 g/mol. The highest BCUT2D eigenvalue weighted by Gasteiger charge is 2.23. The van der Waals surface area contributed by atoms with Gasteiger partial charge >= 0.3 is 6.01 Å². The van der Waals surface area contributed by atoms with Crippen molar-refractivity contribution >= 4 is 24.0 Å². The smallest absolute Gasteiger partial charge is 0.322 e.